The molecule has 160 valence electrons. The molecule has 30 heavy (non-hydrogen) atoms. The van der Waals surface area contributed by atoms with Gasteiger partial charge in [-0.2, -0.15) is 0 Å². The van der Waals surface area contributed by atoms with Gasteiger partial charge in [0.15, 0.2) is 0 Å². The molecule has 2 aromatic carbocycles. The maximum atomic E-state index is 12.6. The topological polar surface area (TPSA) is 90.0 Å². The molecule has 0 heterocycles. The van der Waals surface area contributed by atoms with E-state index < -0.39 is 0 Å². The molecule has 0 saturated heterocycles. The van der Waals surface area contributed by atoms with Crippen LogP contribution in [0.3, 0.4) is 0 Å². The van der Waals surface area contributed by atoms with Gasteiger partial charge in [-0.1, -0.05) is 31.0 Å². The monoisotopic (exact) mass is 411 g/mol. The Bertz CT molecular complexity index is 837. The predicted octanol–water partition coefficient (Wildman–Crippen LogP) is 3.90. The number of carbonyl (C=O) groups is 3. The fourth-order valence-corrected chi connectivity index (χ4v) is 3.21. The van der Waals surface area contributed by atoms with Crippen molar-refractivity contribution >= 4 is 29.1 Å². The molecule has 0 unspecified atom stereocenters. The second kappa shape index (κ2) is 11.7. The second-order valence-electron chi connectivity index (χ2n) is 7.16. The second-order valence-corrected chi connectivity index (χ2v) is 7.16. The number of hydrogen-bond acceptors (Lipinski definition) is 4. The smallest absolute Gasteiger partial charge is 0.253 e. The average Bonchev–Trinajstić information content (AvgIpc) is 2.76. The number of rotatable bonds is 10. The van der Waals surface area contributed by atoms with Crippen LogP contribution in [0.15, 0.2) is 54.6 Å². The van der Waals surface area contributed by atoms with Crippen molar-refractivity contribution in [1.82, 2.24) is 10.4 Å². The first-order valence-electron chi connectivity index (χ1n) is 10.1. The van der Waals surface area contributed by atoms with E-state index in [1.54, 1.807) is 46.6 Å². The van der Waals surface area contributed by atoms with Gasteiger partial charge in [0.2, 0.25) is 11.8 Å². The van der Waals surface area contributed by atoms with E-state index in [1.807, 2.05) is 30.3 Å². The Labute approximate surface area is 177 Å². The molecule has 0 radical (unpaired) electrons. The molecule has 3 amide bonds. The highest BCUT2D eigenvalue weighted by Crippen LogP contribution is 2.25. The van der Waals surface area contributed by atoms with Gasteiger partial charge in [0.1, 0.15) is 0 Å². The van der Waals surface area contributed by atoms with Crippen LogP contribution in [0, 0.1) is 0 Å². The number of anilines is 2. The van der Waals surface area contributed by atoms with Crippen LogP contribution in [0.5, 0.6) is 0 Å². The minimum absolute atomic E-state index is 0.0738. The molecule has 2 N–H and O–H groups in total. The predicted molar refractivity (Wildman–Crippen MR) is 116 cm³/mol. The summed E-state index contributed by atoms with van der Waals surface area (Å²) in [4.78, 5) is 39.0. The van der Waals surface area contributed by atoms with Gasteiger partial charge in [0.25, 0.3) is 5.91 Å². The van der Waals surface area contributed by atoms with E-state index in [4.69, 9.17) is 5.21 Å². The Hall–Kier alpha value is -3.19. The summed E-state index contributed by atoms with van der Waals surface area (Å²) in [5.74, 6) is -0.550. The van der Waals surface area contributed by atoms with Gasteiger partial charge >= 0.3 is 0 Å². The summed E-state index contributed by atoms with van der Waals surface area (Å²) in [5, 5.41) is 8.45. The van der Waals surface area contributed by atoms with Crippen LogP contribution in [-0.4, -0.2) is 41.4 Å². The third-order valence-electron chi connectivity index (χ3n) is 4.82. The van der Waals surface area contributed by atoms with Crippen LogP contribution < -0.4 is 10.4 Å². The lowest BCUT2D eigenvalue weighted by atomic mass is 10.1. The molecule has 7 heteroatoms. The van der Waals surface area contributed by atoms with Crippen molar-refractivity contribution in [3.63, 3.8) is 0 Å². The molecule has 0 fully saturated rings. The number of nitrogens with one attached hydrogen (secondary N) is 1. The highest BCUT2D eigenvalue weighted by molar-refractivity contribution is 6.00. The van der Waals surface area contributed by atoms with E-state index in [0.717, 1.165) is 24.9 Å². The Balaban J connectivity index is 1.89. The van der Waals surface area contributed by atoms with Crippen LogP contribution in [0.25, 0.3) is 0 Å². The zero-order valence-electron chi connectivity index (χ0n) is 17.5. The lowest BCUT2D eigenvalue weighted by Crippen LogP contribution is -2.28. The minimum Gasteiger partial charge on any atom is -0.342 e. The van der Waals surface area contributed by atoms with Crippen LogP contribution in [0.4, 0.5) is 11.4 Å². The van der Waals surface area contributed by atoms with Crippen molar-refractivity contribution in [1.29, 1.82) is 0 Å². The lowest BCUT2D eigenvalue weighted by Gasteiger charge is -2.22. The quantitative estimate of drug-likeness (QED) is 0.352. The third kappa shape index (κ3) is 6.70. The minimum atomic E-state index is -0.374. The Kier molecular flexibility index (Phi) is 9.03. The number of amides is 3. The fourth-order valence-electron chi connectivity index (χ4n) is 3.21. The standard InChI is InChI=1S/C23H29N3O4/c1-18(27)26(20-10-6-5-7-11-20)21-15-13-19(14-16-21)23(29)25(2)17-9-4-3-8-12-22(28)24-30/h5-7,10-11,13-16,30H,3-4,8-9,12,17H2,1-2H3,(H,24,28). The van der Waals surface area contributed by atoms with E-state index >= 15 is 0 Å². The Morgan fingerprint density at radius 3 is 2.07 bits per heavy atom. The molecule has 2 aromatic rings. The maximum Gasteiger partial charge on any atom is 0.253 e. The summed E-state index contributed by atoms with van der Waals surface area (Å²) >= 11 is 0. The molecular weight excluding hydrogens is 382 g/mol. The van der Waals surface area contributed by atoms with Crippen molar-refractivity contribution in [3.8, 4) is 0 Å². The summed E-state index contributed by atoms with van der Waals surface area (Å²) in [6, 6.07) is 16.4. The first kappa shape index (κ1) is 23.1. The van der Waals surface area contributed by atoms with E-state index in [0.29, 0.717) is 30.6 Å². The summed E-state index contributed by atoms with van der Waals surface area (Å²) < 4.78 is 0. The summed E-state index contributed by atoms with van der Waals surface area (Å²) in [5.41, 5.74) is 3.67. The number of para-hydroxylation sites is 1. The van der Waals surface area contributed by atoms with Crippen molar-refractivity contribution in [2.45, 2.75) is 39.0 Å². The first-order valence-corrected chi connectivity index (χ1v) is 10.1. The van der Waals surface area contributed by atoms with Gasteiger partial charge in [-0.05, 0) is 49.2 Å². The largest absolute Gasteiger partial charge is 0.342 e. The molecule has 0 aliphatic heterocycles. The number of hydrogen-bond donors (Lipinski definition) is 2. The highest BCUT2D eigenvalue weighted by atomic mass is 16.5. The first-order chi connectivity index (χ1) is 14.4. The van der Waals surface area contributed by atoms with Crippen LogP contribution >= 0.6 is 0 Å². The normalized spacial score (nSPS) is 10.4. The number of unbranched alkanes of at least 4 members (excludes halogenated alkanes) is 3. The Morgan fingerprint density at radius 1 is 0.867 bits per heavy atom. The van der Waals surface area contributed by atoms with Gasteiger partial charge in [-0.3, -0.25) is 24.5 Å². The number of carbonyl (C=O) groups excluding carboxylic acids is 3. The van der Waals surface area contributed by atoms with Gasteiger partial charge in [0.05, 0.1) is 0 Å². The summed E-state index contributed by atoms with van der Waals surface area (Å²) in [6.45, 7) is 2.13. The van der Waals surface area contributed by atoms with Gasteiger partial charge < -0.3 is 4.90 Å². The molecule has 0 spiro atoms. The van der Waals surface area contributed by atoms with Crippen molar-refractivity contribution in [2.24, 2.45) is 0 Å². The van der Waals surface area contributed by atoms with Gasteiger partial charge in [-0.15, -0.1) is 0 Å². The SMILES string of the molecule is CC(=O)N(c1ccccc1)c1ccc(C(=O)N(C)CCCCCCC(=O)NO)cc1. The highest BCUT2D eigenvalue weighted by Gasteiger charge is 2.16. The van der Waals surface area contributed by atoms with E-state index in [2.05, 4.69) is 0 Å². The van der Waals surface area contributed by atoms with Crippen LogP contribution in [0.2, 0.25) is 0 Å². The van der Waals surface area contributed by atoms with Crippen molar-refractivity contribution in [2.75, 3.05) is 18.5 Å². The summed E-state index contributed by atoms with van der Waals surface area (Å²) in [7, 11) is 1.77. The zero-order valence-corrected chi connectivity index (χ0v) is 17.5. The number of hydroxylamine groups is 1. The van der Waals surface area contributed by atoms with E-state index in [9.17, 15) is 14.4 Å². The average molecular weight is 412 g/mol. The molecule has 7 nitrogen and oxygen atoms in total. The van der Waals surface area contributed by atoms with Crippen LogP contribution in [-0.2, 0) is 9.59 Å². The number of benzene rings is 2. The van der Waals surface area contributed by atoms with E-state index in [-0.39, 0.29) is 17.7 Å². The molecule has 2 rings (SSSR count). The van der Waals surface area contributed by atoms with Crippen molar-refractivity contribution < 1.29 is 19.6 Å². The molecule has 0 aromatic heterocycles. The fraction of sp³-hybridized carbons (Fsp3) is 0.348. The van der Waals surface area contributed by atoms with E-state index in [1.165, 1.54) is 6.92 Å². The maximum absolute atomic E-state index is 12.6. The van der Waals surface area contributed by atoms with Crippen LogP contribution in [0.1, 0.15) is 49.4 Å². The molecule has 0 aliphatic rings. The molecule has 0 saturated carbocycles. The Morgan fingerprint density at radius 2 is 1.47 bits per heavy atom. The summed E-state index contributed by atoms with van der Waals surface area (Å²) in [6.07, 6.45) is 3.62. The molecular formula is C23H29N3O4. The van der Waals surface area contributed by atoms with Crippen molar-refractivity contribution in [3.05, 3.63) is 60.2 Å². The molecule has 0 bridgehead atoms. The third-order valence-corrected chi connectivity index (χ3v) is 4.82. The van der Waals surface area contributed by atoms with Gasteiger partial charge in [0, 0.05) is 43.9 Å². The van der Waals surface area contributed by atoms with Gasteiger partial charge in [-0.25, -0.2) is 5.48 Å². The lowest BCUT2D eigenvalue weighted by molar-refractivity contribution is -0.129. The zero-order chi connectivity index (χ0) is 21.9. The molecule has 0 aliphatic carbocycles. The number of nitrogens with zero attached hydrogens (tertiary/aromatic N) is 2. The molecule has 0 atom stereocenters.